The van der Waals surface area contributed by atoms with Gasteiger partial charge in [-0.05, 0) is 5.92 Å². The van der Waals surface area contributed by atoms with Crippen LogP contribution in [0, 0.1) is 5.82 Å². The molecule has 128 valence electrons. The van der Waals surface area contributed by atoms with Gasteiger partial charge in [0.1, 0.15) is 0 Å². The zero-order chi connectivity index (χ0) is 17.3. The molecule has 1 fully saturated rings. The number of nitrogens with one attached hydrogen (secondary N) is 1. The van der Waals surface area contributed by atoms with Crippen molar-refractivity contribution >= 4 is 23.5 Å². The van der Waals surface area contributed by atoms with E-state index in [1.807, 2.05) is 23.6 Å². The number of aromatic nitrogens is 4. The SMILES string of the molecule is CC(C)c1nc(N2CCN(c3ncc(Cl)cn3)CC2)[nH]c(=O)c1F. The summed E-state index contributed by atoms with van der Waals surface area (Å²) >= 11 is 5.80. The quantitative estimate of drug-likeness (QED) is 0.907. The second-order valence-electron chi connectivity index (χ2n) is 5.92. The first kappa shape index (κ1) is 16.6. The molecule has 0 atom stereocenters. The first-order valence-electron chi connectivity index (χ1n) is 7.73. The smallest absolute Gasteiger partial charge is 0.288 e. The van der Waals surface area contributed by atoms with Gasteiger partial charge in [0, 0.05) is 26.2 Å². The van der Waals surface area contributed by atoms with Crippen LogP contribution in [-0.4, -0.2) is 46.1 Å². The summed E-state index contributed by atoms with van der Waals surface area (Å²) in [6, 6.07) is 0. The average Bonchev–Trinajstić information content (AvgIpc) is 2.58. The number of hydrogen-bond donors (Lipinski definition) is 1. The van der Waals surface area contributed by atoms with Crippen LogP contribution in [0.3, 0.4) is 0 Å². The second kappa shape index (κ2) is 6.72. The molecule has 1 aliphatic heterocycles. The van der Waals surface area contributed by atoms with E-state index in [1.54, 1.807) is 12.4 Å². The van der Waals surface area contributed by atoms with Crippen molar-refractivity contribution in [1.82, 2.24) is 19.9 Å². The van der Waals surface area contributed by atoms with E-state index in [0.29, 0.717) is 43.1 Å². The molecule has 9 heteroatoms. The van der Waals surface area contributed by atoms with Gasteiger partial charge in [-0.1, -0.05) is 25.4 Å². The van der Waals surface area contributed by atoms with Crippen molar-refractivity contribution in [2.45, 2.75) is 19.8 Å². The van der Waals surface area contributed by atoms with Crippen LogP contribution in [0.25, 0.3) is 0 Å². The lowest BCUT2D eigenvalue weighted by molar-refractivity contribution is 0.556. The fourth-order valence-electron chi connectivity index (χ4n) is 2.58. The maximum absolute atomic E-state index is 13.9. The summed E-state index contributed by atoms with van der Waals surface area (Å²) in [7, 11) is 0. The van der Waals surface area contributed by atoms with Crippen LogP contribution in [0.4, 0.5) is 16.3 Å². The molecule has 3 rings (SSSR count). The molecule has 2 aromatic rings. The molecule has 0 unspecified atom stereocenters. The van der Waals surface area contributed by atoms with E-state index in [0.717, 1.165) is 0 Å². The molecule has 7 nitrogen and oxygen atoms in total. The van der Waals surface area contributed by atoms with Gasteiger partial charge < -0.3 is 9.80 Å². The van der Waals surface area contributed by atoms with Gasteiger partial charge in [-0.15, -0.1) is 0 Å². The molecule has 0 radical (unpaired) electrons. The third-order valence-corrected chi connectivity index (χ3v) is 4.09. The maximum Gasteiger partial charge on any atom is 0.288 e. The first-order valence-corrected chi connectivity index (χ1v) is 8.10. The zero-order valence-corrected chi connectivity index (χ0v) is 14.2. The largest absolute Gasteiger partial charge is 0.339 e. The van der Waals surface area contributed by atoms with Gasteiger partial charge in [-0.3, -0.25) is 9.78 Å². The van der Waals surface area contributed by atoms with E-state index in [2.05, 4.69) is 19.9 Å². The number of halogens is 2. The molecule has 2 aromatic heterocycles. The van der Waals surface area contributed by atoms with Crippen LogP contribution in [0.2, 0.25) is 5.02 Å². The van der Waals surface area contributed by atoms with Gasteiger partial charge in [0.15, 0.2) is 0 Å². The van der Waals surface area contributed by atoms with Gasteiger partial charge in [0.05, 0.1) is 23.1 Å². The van der Waals surface area contributed by atoms with Crippen LogP contribution in [0.5, 0.6) is 0 Å². The Kier molecular flexibility index (Phi) is 4.66. The molecular formula is C15H18ClFN6O. The lowest BCUT2D eigenvalue weighted by Gasteiger charge is -2.35. The Balaban J connectivity index is 1.75. The molecule has 0 aliphatic carbocycles. The van der Waals surface area contributed by atoms with Crippen molar-refractivity contribution in [3.63, 3.8) is 0 Å². The lowest BCUT2D eigenvalue weighted by atomic mass is 10.1. The average molecular weight is 353 g/mol. The third-order valence-electron chi connectivity index (χ3n) is 3.89. The fraction of sp³-hybridized carbons (Fsp3) is 0.467. The summed E-state index contributed by atoms with van der Waals surface area (Å²) in [6.45, 7) is 6.20. The summed E-state index contributed by atoms with van der Waals surface area (Å²) in [6.07, 6.45) is 3.12. The predicted octanol–water partition coefficient (Wildman–Crippen LogP) is 1.80. The number of H-pyrrole nitrogens is 1. The lowest BCUT2D eigenvalue weighted by Crippen LogP contribution is -2.48. The number of aromatic amines is 1. The first-order chi connectivity index (χ1) is 11.5. The number of anilines is 2. The van der Waals surface area contributed by atoms with Gasteiger partial charge in [0.2, 0.25) is 17.7 Å². The maximum atomic E-state index is 13.9. The van der Waals surface area contributed by atoms with Crippen molar-refractivity contribution in [2.24, 2.45) is 0 Å². The van der Waals surface area contributed by atoms with Crippen LogP contribution in [0.15, 0.2) is 17.2 Å². The van der Waals surface area contributed by atoms with Crippen LogP contribution >= 0.6 is 11.6 Å². The summed E-state index contributed by atoms with van der Waals surface area (Å²) in [5.74, 6) is 0.0565. The minimum atomic E-state index is -0.804. The number of nitrogens with zero attached hydrogens (tertiary/aromatic N) is 5. The Morgan fingerprint density at radius 2 is 1.75 bits per heavy atom. The van der Waals surface area contributed by atoms with Gasteiger partial charge in [-0.25, -0.2) is 15.0 Å². The van der Waals surface area contributed by atoms with Crippen molar-refractivity contribution < 1.29 is 4.39 Å². The molecule has 0 spiro atoms. The van der Waals surface area contributed by atoms with Crippen LogP contribution in [0.1, 0.15) is 25.5 Å². The van der Waals surface area contributed by atoms with Crippen LogP contribution < -0.4 is 15.4 Å². The molecule has 3 heterocycles. The van der Waals surface area contributed by atoms with Crippen molar-refractivity contribution in [3.8, 4) is 0 Å². The molecule has 1 aliphatic rings. The summed E-state index contributed by atoms with van der Waals surface area (Å²) in [5.41, 5.74) is -0.538. The molecule has 0 saturated carbocycles. The fourth-order valence-corrected chi connectivity index (χ4v) is 2.68. The molecule has 1 N–H and O–H groups in total. The third kappa shape index (κ3) is 3.33. The summed E-state index contributed by atoms with van der Waals surface area (Å²) in [4.78, 5) is 31.0. The highest BCUT2D eigenvalue weighted by atomic mass is 35.5. The highest BCUT2D eigenvalue weighted by molar-refractivity contribution is 6.30. The molecule has 0 amide bonds. The Bertz CT molecular complexity index is 771. The van der Waals surface area contributed by atoms with E-state index >= 15 is 0 Å². The van der Waals surface area contributed by atoms with E-state index in [4.69, 9.17) is 11.6 Å². The molecule has 0 bridgehead atoms. The van der Waals surface area contributed by atoms with E-state index < -0.39 is 11.4 Å². The van der Waals surface area contributed by atoms with E-state index in [-0.39, 0.29) is 11.6 Å². The minimum absolute atomic E-state index is 0.158. The number of rotatable bonds is 3. The monoisotopic (exact) mass is 352 g/mol. The Morgan fingerprint density at radius 3 is 2.33 bits per heavy atom. The Morgan fingerprint density at radius 1 is 1.17 bits per heavy atom. The Labute approximate surface area is 143 Å². The summed E-state index contributed by atoms with van der Waals surface area (Å²) in [5, 5.41) is 0.492. The molecule has 1 saturated heterocycles. The second-order valence-corrected chi connectivity index (χ2v) is 6.36. The van der Waals surface area contributed by atoms with Crippen LogP contribution in [-0.2, 0) is 0 Å². The summed E-state index contributed by atoms with van der Waals surface area (Å²) < 4.78 is 13.9. The van der Waals surface area contributed by atoms with Gasteiger partial charge >= 0.3 is 0 Å². The zero-order valence-electron chi connectivity index (χ0n) is 13.5. The topological polar surface area (TPSA) is 78.0 Å². The minimum Gasteiger partial charge on any atom is -0.339 e. The Hall–Kier alpha value is -2.22. The normalized spacial score (nSPS) is 15.2. The van der Waals surface area contributed by atoms with E-state index in [9.17, 15) is 9.18 Å². The molecule has 24 heavy (non-hydrogen) atoms. The van der Waals surface area contributed by atoms with Crippen molar-refractivity contribution in [1.29, 1.82) is 0 Å². The molecule has 0 aromatic carbocycles. The highest BCUT2D eigenvalue weighted by Gasteiger charge is 2.23. The van der Waals surface area contributed by atoms with Gasteiger partial charge in [-0.2, -0.15) is 4.39 Å². The highest BCUT2D eigenvalue weighted by Crippen LogP contribution is 2.18. The molecular weight excluding hydrogens is 335 g/mol. The van der Waals surface area contributed by atoms with Crippen molar-refractivity contribution in [2.75, 3.05) is 36.0 Å². The number of hydrogen-bond acceptors (Lipinski definition) is 6. The van der Waals surface area contributed by atoms with Crippen molar-refractivity contribution in [3.05, 3.63) is 39.3 Å². The predicted molar refractivity (Wildman–Crippen MR) is 90.4 cm³/mol. The number of piperazine rings is 1. The van der Waals surface area contributed by atoms with Gasteiger partial charge in [0.25, 0.3) is 5.56 Å². The standard InChI is InChI=1S/C15H18ClFN6O/c1-9(2)12-11(17)13(24)21-15(20-12)23-5-3-22(4-6-23)14-18-7-10(16)8-19-14/h7-9H,3-6H2,1-2H3,(H,20,21,24). The van der Waals surface area contributed by atoms with E-state index in [1.165, 1.54) is 0 Å².